The van der Waals surface area contributed by atoms with E-state index < -0.39 is 0 Å². The quantitative estimate of drug-likeness (QED) is 0.856. The van der Waals surface area contributed by atoms with Crippen LogP contribution in [-0.2, 0) is 9.53 Å². The molecule has 1 aliphatic heterocycles. The Morgan fingerprint density at radius 1 is 1.44 bits per heavy atom. The molecule has 1 N–H and O–H groups in total. The van der Waals surface area contributed by atoms with Gasteiger partial charge in [0.05, 0.1) is 11.5 Å². The maximum atomic E-state index is 12.8. The predicted molar refractivity (Wildman–Crippen MR) is 69.8 cm³/mol. The number of carbonyl (C=O) groups is 1. The number of benzene rings is 1. The molecule has 1 aliphatic rings. The smallest absolute Gasteiger partial charge is 0.324 e. The van der Waals surface area contributed by atoms with Gasteiger partial charge < -0.3 is 4.74 Å². The number of thioether (sulfide) groups is 1. The topological polar surface area (TPSA) is 38.3 Å². The van der Waals surface area contributed by atoms with Crippen LogP contribution in [0, 0.1) is 5.82 Å². The Balaban J connectivity index is 1.96. The summed E-state index contributed by atoms with van der Waals surface area (Å²) in [5.74, 6) is 0.202. The molecule has 18 heavy (non-hydrogen) atoms. The lowest BCUT2D eigenvalue weighted by Crippen LogP contribution is -2.36. The van der Waals surface area contributed by atoms with E-state index in [-0.39, 0.29) is 29.3 Å². The molecule has 0 amide bonds. The van der Waals surface area contributed by atoms with Gasteiger partial charge in [0, 0.05) is 5.75 Å². The van der Waals surface area contributed by atoms with E-state index in [1.165, 1.54) is 12.1 Å². The second-order valence-electron chi connectivity index (χ2n) is 4.47. The third kappa shape index (κ3) is 3.23. The zero-order chi connectivity index (χ0) is 13.1. The number of halogens is 1. The maximum Gasteiger partial charge on any atom is 0.324 e. The Bertz CT molecular complexity index is 422. The van der Waals surface area contributed by atoms with Crippen molar-refractivity contribution in [3.8, 4) is 0 Å². The monoisotopic (exact) mass is 269 g/mol. The highest BCUT2D eigenvalue weighted by Crippen LogP contribution is 2.33. The summed E-state index contributed by atoms with van der Waals surface area (Å²) in [7, 11) is 0. The van der Waals surface area contributed by atoms with Crippen LogP contribution >= 0.6 is 11.8 Å². The highest BCUT2D eigenvalue weighted by molar-refractivity contribution is 7.99. The van der Waals surface area contributed by atoms with E-state index in [2.05, 4.69) is 5.32 Å². The van der Waals surface area contributed by atoms with Crippen molar-refractivity contribution in [1.82, 2.24) is 5.32 Å². The van der Waals surface area contributed by atoms with Gasteiger partial charge in [0.1, 0.15) is 11.9 Å². The maximum absolute atomic E-state index is 12.8. The second-order valence-corrected chi connectivity index (χ2v) is 5.61. The minimum absolute atomic E-state index is 0.0234. The van der Waals surface area contributed by atoms with Gasteiger partial charge in [0.2, 0.25) is 0 Å². The van der Waals surface area contributed by atoms with Gasteiger partial charge in [-0.15, -0.1) is 11.8 Å². The molecule has 0 saturated carbocycles. The molecule has 0 spiro atoms. The Hall–Kier alpha value is -1.07. The van der Waals surface area contributed by atoms with Crippen molar-refractivity contribution in [1.29, 1.82) is 0 Å². The van der Waals surface area contributed by atoms with E-state index >= 15 is 0 Å². The van der Waals surface area contributed by atoms with Crippen molar-refractivity contribution < 1.29 is 13.9 Å². The lowest BCUT2D eigenvalue weighted by atomic mass is 10.2. The standard InChI is InChI=1S/C13H16FNO2S/c1-8(2)17-13(16)11-7-18-12(15-11)9-3-5-10(14)6-4-9/h3-6,8,11-12,15H,7H2,1-2H3. The number of rotatable bonds is 3. The first-order chi connectivity index (χ1) is 8.56. The summed E-state index contributed by atoms with van der Waals surface area (Å²) in [6, 6.07) is 6.04. The van der Waals surface area contributed by atoms with Crippen LogP contribution in [0.3, 0.4) is 0 Å². The lowest BCUT2D eigenvalue weighted by molar-refractivity contribution is -0.149. The van der Waals surface area contributed by atoms with E-state index in [9.17, 15) is 9.18 Å². The van der Waals surface area contributed by atoms with E-state index in [1.807, 2.05) is 13.8 Å². The van der Waals surface area contributed by atoms with E-state index in [1.54, 1.807) is 23.9 Å². The number of carbonyl (C=O) groups excluding carboxylic acids is 1. The summed E-state index contributed by atoms with van der Waals surface area (Å²) in [6.07, 6.45) is -0.103. The molecule has 1 aromatic carbocycles. The minimum Gasteiger partial charge on any atom is -0.462 e. The van der Waals surface area contributed by atoms with Gasteiger partial charge in [-0.05, 0) is 31.5 Å². The van der Waals surface area contributed by atoms with Crippen molar-refractivity contribution in [2.45, 2.75) is 31.4 Å². The van der Waals surface area contributed by atoms with Gasteiger partial charge in [-0.3, -0.25) is 10.1 Å². The molecule has 1 saturated heterocycles. The molecule has 2 atom stereocenters. The number of esters is 1. The van der Waals surface area contributed by atoms with Crippen molar-refractivity contribution in [3.63, 3.8) is 0 Å². The molecule has 98 valence electrons. The summed E-state index contributed by atoms with van der Waals surface area (Å²) in [6.45, 7) is 3.66. The Labute approximate surface area is 110 Å². The van der Waals surface area contributed by atoms with Crippen LogP contribution < -0.4 is 5.32 Å². The summed E-state index contributed by atoms with van der Waals surface area (Å²) in [5, 5.41) is 3.22. The highest BCUT2D eigenvalue weighted by Gasteiger charge is 2.31. The third-order valence-electron chi connectivity index (χ3n) is 2.59. The minimum atomic E-state index is -0.285. The molecule has 0 radical (unpaired) electrons. The van der Waals surface area contributed by atoms with Crippen molar-refractivity contribution in [3.05, 3.63) is 35.6 Å². The fourth-order valence-corrected chi connectivity index (χ4v) is 2.98. The summed E-state index contributed by atoms with van der Waals surface area (Å²) in [4.78, 5) is 11.7. The summed E-state index contributed by atoms with van der Waals surface area (Å²) in [5.41, 5.74) is 0.973. The Morgan fingerprint density at radius 3 is 2.72 bits per heavy atom. The van der Waals surface area contributed by atoms with Crippen molar-refractivity contribution >= 4 is 17.7 Å². The second kappa shape index (κ2) is 5.71. The third-order valence-corrected chi connectivity index (χ3v) is 3.86. The fraction of sp³-hybridized carbons (Fsp3) is 0.462. The number of nitrogens with one attached hydrogen (secondary N) is 1. The first-order valence-electron chi connectivity index (χ1n) is 5.90. The van der Waals surface area contributed by atoms with E-state index in [0.717, 1.165) is 5.56 Å². The fourth-order valence-electron chi connectivity index (χ4n) is 1.75. The molecule has 1 fully saturated rings. The van der Waals surface area contributed by atoms with Crippen molar-refractivity contribution in [2.75, 3.05) is 5.75 Å². The Morgan fingerprint density at radius 2 is 2.11 bits per heavy atom. The first kappa shape index (κ1) is 13.4. The van der Waals surface area contributed by atoms with E-state index in [4.69, 9.17) is 4.74 Å². The van der Waals surface area contributed by atoms with Crippen molar-refractivity contribution in [2.24, 2.45) is 0 Å². The molecule has 1 heterocycles. The van der Waals surface area contributed by atoms with Gasteiger partial charge in [-0.2, -0.15) is 0 Å². The number of hydrogen-bond acceptors (Lipinski definition) is 4. The molecule has 0 aliphatic carbocycles. The van der Waals surface area contributed by atoms with Crippen LogP contribution in [0.4, 0.5) is 4.39 Å². The summed E-state index contributed by atoms with van der Waals surface area (Å²) < 4.78 is 18.0. The number of ether oxygens (including phenoxy) is 1. The van der Waals surface area contributed by atoms with E-state index in [0.29, 0.717) is 5.75 Å². The molecular formula is C13H16FNO2S. The normalized spacial score (nSPS) is 23.3. The van der Waals surface area contributed by atoms with Gasteiger partial charge in [-0.25, -0.2) is 4.39 Å². The molecule has 2 rings (SSSR count). The van der Waals surface area contributed by atoms with Crippen LogP contribution in [0.15, 0.2) is 24.3 Å². The highest BCUT2D eigenvalue weighted by atomic mass is 32.2. The molecule has 0 aromatic heterocycles. The van der Waals surface area contributed by atoms with Gasteiger partial charge >= 0.3 is 5.97 Å². The number of hydrogen-bond donors (Lipinski definition) is 1. The van der Waals surface area contributed by atoms with Gasteiger partial charge in [0.25, 0.3) is 0 Å². The zero-order valence-corrected chi connectivity index (χ0v) is 11.2. The molecular weight excluding hydrogens is 253 g/mol. The molecule has 2 unspecified atom stereocenters. The van der Waals surface area contributed by atoms with Crippen LogP contribution in [0.5, 0.6) is 0 Å². The SMILES string of the molecule is CC(C)OC(=O)C1CSC(c2ccc(F)cc2)N1. The van der Waals surface area contributed by atoms with Crippen LogP contribution in [-0.4, -0.2) is 23.9 Å². The first-order valence-corrected chi connectivity index (χ1v) is 6.95. The largest absolute Gasteiger partial charge is 0.462 e. The molecule has 5 heteroatoms. The molecule has 3 nitrogen and oxygen atoms in total. The molecule has 1 aromatic rings. The zero-order valence-electron chi connectivity index (χ0n) is 10.4. The molecule has 0 bridgehead atoms. The van der Waals surface area contributed by atoms with Crippen LogP contribution in [0.25, 0.3) is 0 Å². The van der Waals surface area contributed by atoms with Crippen LogP contribution in [0.2, 0.25) is 0 Å². The van der Waals surface area contributed by atoms with Gasteiger partial charge in [0.15, 0.2) is 0 Å². The van der Waals surface area contributed by atoms with Crippen LogP contribution in [0.1, 0.15) is 24.8 Å². The average Bonchev–Trinajstić information content (AvgIpc) is 2.78. The Kier molecular flexibility index (Phi) is 4.24. The average molecular weight is 269 g/mol. The van der Waals surface area contributed by atoms with Gasteiger partial charge in [-0.1, -0.05) is 12.1 Å². The lowest BCUT2D eigenvalue weighted by Gasteiger charge is -2.14. The summed E-state index contributed by atoms with van der Waals surface area (Å²) >= 11 is 1.63. The predicted octanol–water partition coefficient (Wildman–Crippen LogP) is 2.48.